The molecule has 0 amide bonds. The van der Waals surface area contributed by atoms with Gasteiger partial charge in [-0.25, -0.2) is 4.98 Å². The molecule has 7 heteroatoms. The van der Waals surface area contributed by atoms with Crippen LogP contribution >= 0.6 is 0 Å². The second-order valence-electron chi connectivity index (χ2n) is 8.61. The topological polar surface area (TPSA) is 82.9 Å². The van der Waals surface area contributed by atoms with Crippen LogP contribution in [-0.2, 0) is 24.3 Å². The Balaban J connectivity index is 1.91. The van der Waals surface area contributed by atoms with Gasteiger partial charge >= 0.3 is 0 Å². The van der Waals surface area contributed by atoms with E-state index in [4.69, 9.17) is 4.98 Å². The molecule has 3 aromatic rings. The zero-order chi connectivity index (χ0) is 20.9. The number of fused-ring (bicyclic) bond motifs is 4. The number of aromatic nitrogens is 3. The summed E-state index contributed by atoms with van der Waals surface area (Å²) in [5.74, 6) is 0.658. The molecule has 1 aliphatic rings. The molecule has 1 aromatic carbocycles. The lowest BCUT2D eigenvalue weighted by atomic mass is 10.0. The minimum Gasteiger partial charge on any atom is -0.598 e. The highest BCUT2D eigenvalue weighted by atomic mass is 32.2. The third-order valence-corrected chi connectivity index (χ3v) is 6.92. The summed E-state index contributed by atoms with van der Waals surface area (Å²) in [5.41, 5.74) is 4.37. The van der Waals surface area contributed by atoms with Crippen molar-refractivity contribution in [3.63, 3.8) is 0 Å². The first-order valence-corrected chi connectivity index (χ1v) is 11.0. The first kappa shape index (κ1) is 20.1. The van der Waals surface area contributed by atoms with Crippen LogP contribution in [0.25, 0.3) is 22.3 Å². The fourth-order valence-electron chi connectivity index (χ4n) is 3.70. The molecule has 152 valence electrons. The number of nitrogens with zero attached hydrogens (tertiary/aromatic N) is 3. The molecule has 29 heavy (non-hydrogen) atoms. The van der Waals surface area contributed by atoms with Crippen LogP contribution in [0.15, 0.2) is 35.3 Å². The predicted molar refractivity (Wildman–Crippen MR) is 117 cm³/mol. The van der Waals surface area contributed by atoms with Crippen molar-refractivity contribution in [1.29, 1.82) is 0 Å². The molecule has 1 aliphatic heterocycles. The molecule has 0 saturated carbocycles. The van der Waals surface area contributed by atoms with Gasteiger partial charge in [0, 0.05) is 41.7 Å². The first-order chi connectivity index (χ1) is 13.7. The second-order valence-corrected chi connectivity index (χ2v) is 10.6. The lowest BCUT2D eigenvalue weighted by Gasteiger charge is -2.27. The van der Waals surface area contributed by atoms with E-state index in [1.807, 2.05) is 58.9 Å². The average molecular weight is 411 g/mol. The van der Waals surface area contributed by atoms with Crippen LogP contribution in [0.3, 0.4) is 0 Å². The van der Waals surface area contributed by atoms with Gasteiger partial charge in [-0.3, -0.25) is 14.3 Å². The third-order valence-electron chi connectivity index (χ3n) is 5.24. The summed E-state index contributed by atoms with van der Waals surface area (Å²) in [6.07, 6.45) is 2.49. The van der Waals surface area contributed by atoms with Crippen molar-refractivity contribution in [3.05, 3.63) is 57.6 Å². The quantitative estimate of drug-likeness (QED) is 0.669. The van der Waals surface area contributed by atoms with E-state index in [1.165, 1.54) is 0 Å². The van der Waals surface area contributed by atoms with Crippen LogP contribution in [0.5, 0.6) is 0 Å². The van der Waals surface area contributed by atoms with Gasteiger partial charge in [-0.05, 0) is 58.4 Å². The summed E-state index contributed by atoms with van der Waals surface area (Å²) in [5, 5.41) is 0.603. The van der Waals surface area contributed by atoms with Gasteiger partial charge in [-0.15, -0.1) is 4.72 Å². The summed E-state index contributed by atoms with van der Waals surface area (Å²) >= 11 is -1.23. The van der Waals surface area contributed by atoms with E-state index in [-0.39, 0.29) is 16.3 Å². The zero-order valence-electron chi connectivity index (χ0n) is 17.4. The maximum atomic E-state index is 13.3. The molecule has 0 fully saturated rings. The van der Waals surface area contributed by atoms with Crippen LogP contribution in [-0.4, -0.2) is 23.8 Å². The lowest BCUT2D eigenvalue weighted by molar-refractivity contribution is 0.531. The molecular weight excluding hydrogens is 384 g/mol. The van der Waals surface area contributed by atoms with Crippen molar-refractivity contribution in [2.75, 3.05) is 0 Å². The molecule has 2 aromatic heterocycles. The SMILES string of the molecule is Cc1cc([C@@H](C)N[S@+]([O-])C(C)(C)C)c2nc3n(c(=O)c2c1)CCc1ncccc1-3. The summed E-state index contributed by atoms with van der Waals surface area (Å²) in [6.45, 7) is 10.3. The first-order valence-electron chi connectivity index (χ1n) is 9.84. The van der Waals surface area contributed by atoms with Gasteiger partial charge in [0.15, 0.2) is 0 Å². The van der Waals surface area contributed by atoms with E-state index < -0.39 is 11.4 Å². The number of aryl methyl sites for hydroxylation is 2. The normalized spacial score (nSPS) is 15.7. The molecule has 0 radical (unpaired) electrons. The van der Waals surface area contributed by atoms with Crippen molar-refractivity contribution < 1.29 is 4.55 Å². The Morgan fingerprint density at radius 3 is 2.79 bits per heavy atom. The fourth-order valence-corrected chi connectivity index (χ4v) is 4.51. The van der Waals surface area contributed by atoms with Crippen LogP contribution < -0.4 is 10.3 Å². The molecule has 0 aliphatic carbocycles. The van der Waals surface area contributed by atoms with Gasteiger partial charge in [0.05, 0.1) is 22.6 Å². The Kier molecular flexibility index (Phi) is 5.01. The Morgan fingerprint density at radius 1 is 1.31 bits per heavy atom. The smallest absolute Gasteiger partial charge is 0.261 e. The highest BCUT2D eigenvalue weighted by molar-refractivity contribution is 7.90. The van der Waals surface area contributed by atoms with Crippen molar-refractivity contribution in [1.82, 2.24) is 19.3 Å². The maximum Gasteiger partial charge on any atom is 0.261 e. The third kappa shape index (κ3) is 3.58. The van der Waals surface area contributed by atoms with Gasteiger partial charge in [0.25, 0.3) is 5.56 Å². The van der Waals surface area contributed by atoms with Crippen molar-refractivity contribution >= 4 is 22.3 Å². The van der Waals surface area contributed by atoms with E-state index in [0.717, 1.165) is 28.8 Å². The average Bonchev–Trinajstić information content (AvgIpc) is 2.67. The van der Waals surface area contributed by atoms with E-state index in [9.17, 15) is 9.35 Å². The van der Waals surface area contributed by atoms with Gasteiger partial charge in [-0.1, -0.05) is 6.07 Å². The van der Waals surface area contributed by atoms with E-state index in [1.54, 1.807) is 10.8 Å². The molecule has 4 rings (SSSR count). The number of hydrogen-bond donors (Lipinski definition) is 1. The Morgan fingerprint density at radius 2 is 2.07 bits per heavy atom. The Bertz CT molecular complexity index is 1150. The standard InChI is InChI=1S/C22H26N4O2S/c1-13-11-16(14(2)25-29(28)22(3,4)5)19-17(12-13)21(27)26-10-8-18-15(20(26)24-19)7-6-9-23-18/h6-7,9,11-12,14,25H,8,10H2,1-5H3/t14-,29-/m1/s1. The molecular formula is C22H26N4O2S. The number of benzene rings is 1. The minimum atomic E-state index is -1.23. The maximum absolute atomic E-state index is 13.3. The summed E-state index contributed by atoms with van der Waals surface area (Å²) < 4.78 is 17.2. The molecule has 2 atom stereocenters. The van der Waals surface area contributed by atoms with Crippen molar-refractivity contribution in [2.24, 2.45) is 0 Å². The second kappa shape index (κ2) is 7.23. The van der Waals surface area contributed by atoms with E-state index >= 15 is 0 Å². The monoisotopic (exact) mass is 410 g/mol. The van der Waals surface area contributed by atoms with Crippen LogP contribution in [0, 0.1) is 6.92 Å². The Hall–Kier alpha value is -2.22. The van der Waals surface area contributed by atoms with Gasteiger partial charge in [0.1, 0.15) is 10.6 Å². The van der Waals surface area contributed by atoms with E-state index in [2.05, 4.69) is 9.71 Å². The molecule has 6 nitrogen and oxygen atoms in total. The van der Waals surface area contributed by atoms with Crippen LogP contribution in [0.4, 0.5) is 0 Å². The highest BCUT2D eigenvalue weighted by Gasteiger charge is 2.30. The van der Waals surface area contributed by atoms with Crippen LogP contribution in [0.1, 0.15) is 50.6 Å². The lowest BCUT2D eigenvalue weighted by Crippen LogP contribution is -2.40. The number of pyridine rings is 1. The number of rotatable bonds is 3. The van der Waals surface area contributed by atoms with E-state index in [0.29, 0.717) is 23.3 Å². The largest absolute Gasteiger partial charge is 0.598 e. The highest BCUT2D eigenvalue weighted by Crippen LogP contribution is 2.30. The molecule has 3 heterocycles. The van der Waals surface area contributed by atoms with Gasteiger partial charge < -0.3 is 4.55 Å². The molecule has 0 bridgehead atoms. The Labute approximate surface area is 173 Å². The number of hydrogen-bond acceptors (Lipinski definition) is 5. The van der Waals surface area contributed by atoms with Crippen LogP contribution in [0.2, 0.25) is 0 Å². The number of nitrogens with one attached hydrogen (secondary N) is 1. The predicted octanol–water partition coefficient (Wildman–Crippen LogP) is 3.44. The zero-order valence-corrected chi connectivity index (χ0v) is 18.3. The van der Waals surface area contributed by atoms with Gasteiger partial charge in [-0.2, -0.15) is 0 Å². The minimum absolute atomic E-state index is 0.0337. The molecule has 0 saturated heterocycles. The van der Waals surface area contributed by atoms with Gasteiger partial charge in [0.2, 0.25) is 0 Å². The fraction of sp³-hybridized carbons (Fsp3) is 0.409. The van der Waals surface area contributed by atoms with Crippen molar-refractivity contribution in [3.8, 4) is 11.4 Å². The summed E-state index contributed by atoms with van der Waals surface area (Å²) in [7, 11) is 0. The summed E-state index contributed by atoms with van der Waals surface area (Å²) in [4.78, 5) is 22.7. The molecule has 0 spiro atoms. The molecule has 1 N–H and O–H groups in total. The molecule has 0 unspecified atom stereocenters. The summed E-state index contributed by atoms with van der Waals surface area (Å²) in [6, 6.07) is 7.54. The van der Waals surface area contributed by atoms with Crippen molar-refractivity contribution in [2.45, 2.75) is 58.4 Å².